The van der Waals surface area contributed by atoms with Gasteiger partial charge in [-0.2, -0.15) is 0 Å². The number of ketones is 1. The lowest BCUT2D eigenvalue weighted by atomic mass is 10.0. The Labute approximate surface area is 117 Å². The fourth-order valence-electron chi connectivity index (χ4n) is 1.82. The molecule has 102 valence electrons. The van der Waals surface area contributed by atoms with E-state index in [4.69, 9.17) is 5.11 Å². The van der Waals surface area contributed by atoms with Gasteiger partial charge < -0.3 is 10.4 Å². The first-order chi connectivity index (χ1) is 9.58. The SMILES string of the molecule is C[C@H](Nc1cccc(C(=O)c2ccccc2)c1)C(=O)O. The van der Waals surface area contributed by atoms with Gasteiger partial charge in [0.2, 0.25) is 0 Å². The van der Waals surface area contributed by atoms with Crippen LogP contribution < -0.4 is 5.32 Å². The molecular formula is C16H15NO3. The molecule has 0 aliphatic carbocycles. The van der Waals surface area contributed by atoms with Crippen LogP contribution in [0.25, 0.3) is 0 Å². The number of hydrogen-bond acceptors (Lipinski definition) is 3. The molecule has 2 aromatic carbocycles. The third kappa shape index (κ3) is 3.23. The van der Waals surface area contributed by atoms with E-state index in [-0.39, 0.29) is 5.78 Å². The van der Waals surface area contributed by atoms with E-state index >= 15 is 0 Å². The molecular weight excluding hydrogens is 254 g/mol. The molecule has 0 unspecified atom stereocenters. The minimum atomic E-state index is -0.940. The van der Waals surface area contributed by atoms with Crippen LogP contribution in [0.5, 0.6) is 0 Å². The number of carboxylic acids is 1. The molecule has 0 fully saturated rings. The average Bonchev–Trinajstić information content (AvgIpc) is 2.47. The van der Waals surface area contributed by atoms with Gasteiger partial charge in [-0.3, -0.25) is 9.59 Å². The summed E-state index contributed by atoms with van der Waals surface area (Å²) >= 11 is 0. The number of nitrogens with one attached hydrogen (secondary N) is 1. The van der Waals surface area contributed by atoms with Crippen LogP contribution in [-0.2, 0) is 4.79 Å². The molecule has 0 aliphatic heterocycles. The number of rotatable bonds is 5. The Morgan fingerprint density at radius 3 is 2.30 bits per heavy atom. The summed E-state index contributed by atoms with van der Waals surface area (Å²) < 4.78 is 0. The van der Waals surface area contributed by atoms with E-state index in [0.29, 0.717) is 16.8 Å². The Kier molecular flexibility index (Phi) is 4.15. The van der Waals surface area contributed by atoms with E-state index in [0.717, 1.165) is 0 Å². The number of carbonyl (C=O) groups is 2. The smallest absolute Gasteiger partial charge is 0.325 e. The van der Waals surface area contributed by atoms with E-state index in [1.807, 2.05) is 18.2 Å². The summed E-state index contributed by atoms with van der Waals surface area (Å²) in [6, 6.07) is 15.1. The number of benzene rings is 2. The van der Waals surface area contributed by atoms with Crippen LogP contribution in [0.4, 0.5) is 5.69 Å². The highest BCUT2D eigenvalue weighted by Crippen LogP contribution is 2.15. The maximum absolute atomic E-state index is 12.3. The van der Waals surface area contributed by atoms with Crippen LogP contribution >= 0.6 is 0 Å². The molecule has 4 nitrogen and oxygen atoms in total. The number of anilines is 1. The zero-order valence-corrected chi connectivity index (χ0v) is 11.0. The van der Waals surface area contributed by atoms with Gasteiger partial charge in [0.25, 0.3) is 0 Å². The van der Waals surface area contributed by atoms with Crippen LogP contribution in [-0.4, -0.2) is 22.9 Å². The molecule has 2 aromatic rings. The van der Waals surface area contributed by atoms with Gasteiger partial charge >= 0.3 is 5.97 Å². The molecule has 0 aromatic heterocycles. The van der Waals surface area contributed by atoms with E-state index in [1.54, 1.807) is 43.3 Å². The predicted octanol–water partition coefficient (Wildman–Crippen LogP) is 2.80. The van der Waals surface area contributed by atoms with Crippen molar-refractivity contribution in [1.29, 1.82) is 0 Å². The van der Waals surface area contributed by atoms with E-state index in [2.05, 4.69) is 5.32 Å². The molecule has 1 atom stereocenters. The van der Waals surface area contributed by atoms with Crippen molar-refractivity contribution in [1.82, 2.24) is 0 Å². The van der Waals surface area contributed by atoms with Crippen molar-refractivity contribution in [3.05, 3.63) is 65.7 Å². The standard InChI is InChI=1S/C16H15NO3/c1-11(16(19)20)17-14-9-5-8-13(10-14)15(18)12-6-3-2-4-7-12/h2-11,17H,1H3,(H,19,20)/t11-/m0/s1. The average molecular weight is 269 g/mol. The van der Waals surface area contributed by atoms with Gasteiger partial charge in [-0.15, -0.1) is 0 Å². The van der Waals surface area contributed by atoms with Crippen LogP contribution in [0.1, 0.15) is 22.8 Å². The van der Waals surface area contributed by atoms with Crippen molar-refractivity contribution >= 4 is 17.4 Å². The summed E-state index contributed by atoms with van der Waals surface area (Å²) in [6.45, 7) is 1.55. The van der Waals surface area contributed by atoms with Crippen molar-refractivity contribution in [2.24, 2.45) is 0 Å². The quantitative estimate of drug-likeness (QED) is 0.819. The lowest BCUT2D eigenvalue weighted by Gasteiger charge is -2.11. The number of aliphatic carboxylic acids is 1. The third-order valence-corrected chi connectivity index (χ3v) is 2.91. The summed E-state index contributed by atoms with van der Waals surface area (Å²) in [6.07, 6.45) is 0. The predicted molar refractivity (Wildman–Crippen MR) is 77.0 cm³/mol. The topological polar surface area (TPSA) is 66.4 Å². The van der Waals surface area contributed by atoms with Crippen LogP contribution in [0.15, 0.2) is 54.6 Å². The molecule has 0 radical (unpaired) electrons. The summed E-state index contributed by atoms with van der Waals surface area (Å²) in [4.78, 5) is 23.1. The molecule has 2 N–H and O–H groups in total. The van der Waals surface area contributed by atoms with Gasteiger partial charge in [-0.1, -0.05) is 42.5 Å². The van der Waals surface area contributed by atoms with Gasteiger partial charge in [0.15, 0.2) is 5.78 Å². The van der Waals surface area contributed by atoms with Crippen molar-refractivity contribution in [2.75, 3.05) is 5.32 Å². The molecule has 0 aliphatic rings. The maximum atomic E-state index is 12.3. The minimum Gasteiger partial charge on any atom is -0.480 e. The fourth-order valence-corrected chi connectivity index (χ4v) is 1.82. The molecule has 0 amide bonds. The van der Waals surface area contributed by atoms with Gasteiger partial charge in [0.05, 0.1) is 0 Å². The molecule has 2 rings (SSSR count). The maximum Gasteiger partial charge on any atom is 0.325 e. The first-order valence-electron chi connectivity index (χ1n) is 6.27. The Hall–Kier alpha value is -2.62. The van der Waals surface area contributed by atoms with Crippen LogP contribution in [0.3, 0.4) is 0 Å². The highest BCUT2D eigenvalue weighted by atomic mass is 16.4. The number of hydrogen-bond donors (Lipinski definition) is 2. The summed E-state index contributed by atoms with van der Waals surface area (Å²) in [7, 11) is 0. The highest BCUT2D eigenvalue weighted by Gasteiger charge is 2.12. The van der Waals surface area contributed by atoms with Crippen LogP contribution in [0.2, 0.25) is 0 Å². The first-order valence-corrected chi connectivity index (χ1v) is 6.27. The van der Waals surface area contributed by atoms with E-state index < -0.39 is 12.0 Å². The Morgan fingerprint density at radius 2 is 1.65 bits per heavy atom. The summed E-state index contributed by atoms with van der Waals surface area (Å²) in [5.41, 5.74) is 1.75. The van der Waals surface area contributed by atoms with Gasteiger partial charge in [0, 0.05) is 16.8 Å². The van der Waals surface area contributed by atoms with Crippen LogP contribution in [0, 0.1) is 0 Å². The van der Waals surface area contributed by atoms with E-state index in [9.17, 15) is 9.59 Å². The van der Waals surface area contributed by atoms with Crippen molar-refractivity contribution in [2.45, 2.75) is 13.0 Å². The summed E-state index contributed by atoms with van der Waals surface area (Å²) in [5.74, 6) is -1.03. The van der Waals surface area contributed by atoms with Crippen molar-refractivity contribution in [3.63, 3.8) is 0 Å². The molecule has 0 saturated heterocycles. The zero-order valence-electron chi connectivity index (χ0n) is 11.0. The molecule has 0 bridgehead atoms. The lowest BCUT2D eigenvalue weighted by molar-refractivity contribution is -0.137. The molecule has 0 spiro atoms. The van der Waals surface area contributed by atoms with E-state index in [1.165, 1.54) is 0 Å². The first kappa shape index (κ1) is 13.8. The Balaban J connectivity index is 2.22. The van der Waals surface area contributed by atoms with Crippen molar-refractivity contribution in [3.8, 4) is 0 Å². The molecule has 0 saturated carbocycles. The Bertz CT molecular complexity index is 623. The lowest BCUT2D eigenvalue weighted by Crippen LogP contribution is -2.25. The normalized spacial score (nSPS) is 11.7. The number of carbonyl (C=O) groups excluding carboxylic acids is 1. The van der Waals surface area contributed by atoms with Gasteiger partial charge in [-0.25, -0.2) is 0 Å². The molecule has 0 heterocycles. The monoisotopic (exact) mass is 269 g/mol. The van der Waals surface area contributed by atoms with Gasteiger partial charge in [0.1, 0.15) is 6.04 Å². The fraction of sp³-hybridized carbons (Fsp3) is 0.125. The largest absolute Gasteiger partial charge is 0.480 e. The second kappa shape index (κ2) is 6.02. The third-order valence-electron chi connectivity index (χ3n) is 2.91. The van der Waals surface area contributed by atoms with Gasteiger partial charge in [-0.05, 0) is 19.1 Å². The second-order valence-electron chi connectivity index (χ2n) is 4.48. The Morgan fingerprint density at radius 1 is 1.00 bits per heavy atom. The minimum absolute atomic E-state index is 0.0859. The molecule has 20 heavy (non-hydrogen) atoms. The summed E-state index contributed by atoms with van der Waals surface area (Å²) in [5, 5.41) is 11.7. The second-order valence-corrected chi connectivity index (χ2v) is 4.48. The van der Waals surface area contributed by atoms with Crippen molar-refractivity contribution < 1.29 is 14.7 Å². The number of carboxylic acid groups (broad SMARTS) is 1. The molecule has 4 heteroatoms. The zero-order chi connectivity index (χ0) is 14.5. The highest BCUT2D eigenvalue weighted by molar-refractivity contribution is 6.09.